The van der Waals surface area contributed by atoms with E-state index in [1.807, 2.05) is 19.0 Å². The third-order valence-electron chi connectivity index (χ3n) is 4.35. The number of likely N-dealkylation sites (N-methyl/N-ethyl adjacent to an activating group) is 1. The second kappa shape index (κ2) is 6.00. The summed E-state index contributed by atoms with van der Waals surface area (Å²) in [6.45, 7) is 0.467. The van der Waals surface area contributed by atoms with Crippen molar-refractivity contribution in [2.24, 2.45) is 5.73 Å². The molecule has 0 radical (unpaired) electrons. The monoisotopic (exact) mass is 315 g/mol. The molecule has 1 aromatic carbocycles. The van der Waals surface area contributed by atoms with Crippen LogP contribution in [0.1, 0.15) is 24.8 Å². The molecule has 0 aliphatic heterocycles. The lowest BCUT2D eigenvalue weighted by molar-refractivity contribution is 0.0656. The van der Waals surface area contributed by atoms with E-state index < -0.39 is 15.8 Å². The minimum atomic E-state index is -3.85. The van der Waals surface area contributed by atoms with Gasteiger partial charge in [-0.05, 0) is 51.1 Å². The van der Waals surface area contributed by atoms with Crippen LogP contribution in [0.2, 0.25) is 0 Å². The number of nitrogens with two attached hydrogens (primary N) is 1. The van der Waals surface area contributed by atoms with Crippen molar-refractivity contribution < 1.29 is 12.8 Å². The number of benzene rings is 1. The fourth-order valence-electron chi connectivity index (χ4n) is 2.56. The largest absolute Gasteiger partial charge is 0.326 e. The van der Waals surface area contributed by atoms with Crippen LogP contribution >= 0.6 is 0 Å². The Balaban J connectivity index is 2.15. The fourth-order valence-corrected chi connectivity index (χ4v) is 3.74. The van der Waals surface area contributed by atoms with Crippen LogP contribution in [0.25, 0.3) is 0 Å². The van der Waals surface area contributed by atoms with Gasteiger partial charge in [-0.1, -0.05) is 6.07 Å². The highest BCUT2D eigenvalue weighted by molar-refractivity contribution is 7.89. The normalized spacial score (nSPS) is 17.8. The third-order valence-corrected chi connectivity index (χ3v) is 5.78. The molecule has 1 fully saturated rings. The van der Waals surface area contributed by atoms with E-state index in [0.717, 1.165) is 19.3 Å². The van der Waals surface area contributed by atoms with Crippen LogP contribution in [-0.2, 0) is 16.6 Å². The van der Waals surface area contributed by atoms with Crippen LogP contribution in [-0.4, -0.2) is 39.5 Å². The molecule has 5 nitrogen and oxygen atoms in total. The van der Waals surface area contributed by atoms with Gasteiger partial charge >= 0.3 is 0 Å². The van der Waals surface area contributed by atoms with E-state index in [4.69, 9.17) is 5.73 Å². The first-order valence-electron chi connectivity index (χ1n) is 6.96. The second-order valence-corrected chi connectivity index (χ2v) is 7.50. The van der Waals surface area contributed by atoms with Gasteiger partial charge in [0.2, 0.25) is 10.0 Å². The zero-order valence-electron chi connectivity index (χ0n) is 12.4. The molecule has 118 valence electrons. The first-order valence-corrected chi connectivity index (χ1v) is 8.45. The first-order chi connectivity index (χ1) is 9.81. The Kier molecular flexibility index (Phi) is 4.67. The SMILES string of the molecule is CN(C)C1(CNS(=O)(=O)c2ccc(CN)cc2F)CCC1. The molecule has 3 N–H and O–H groups in total. The van der Waals surface area contributed by atoms with E-state index in [2.05, 4.69) is 4.72 Å². The molecule has 1 aliphatic carbocycles. The quantitative estimate of drug-likeness (QED) is 0.823. The Morgan fingerprint density at radius 3 is 2.48 bits per heavy atom. The molecule has 0 atom stereocenters. The summed E-state index contributed by atoms with van der Waals surface area (Å²) >= 11 is 0. The number of halogens is 1. The Bertz CT molecular complexity index is 613. The summed E-state index contributed by atoms with van der Waals surface area (Å²) in [5.74, 6) is -0.766. The lowest BCUT2D eigenvalue weighted by Crippen LogP contribution is -2.57. The minimum absolute atomic E-state index is 0.152. The highest BCUT2D eigenvalue weighted by Crippen LogP contribution is 2.35. The number of hydrogen-bond acceptors (Lipinski definition) is 4. The molecule has 0 bridgehead atoms. The zero-order valence-corrected chi connectivity index (χ0v) is 13.2. The average Bonchev–Trinajstić information content (AvgIpc) is 2.36. The van der Waals surface area contributed by atoms with Gasteiger partial charge in [-0.25, -0.2) is 17.5 Å². The lowest BCUT2D eigenvalue weighted by Gasteiger charge is -2.47. The molecule has 1 aliphatic rings. The number of nitrogens with one attached hydrogen (secondary N) is 1. The molecule has 21 heavy (non-hydrogen) atoms. The number of nitrogens with zero attached hydrogens (tertiary/aromatic N) is 1. The molecule has 0 spiro atoms. The van der Waals surface area contributed by atoms with Crippen molar-refractivity contribution in [3.05, 3.63) is 29.6 Å². The van der Waals surface area contributed by atoms with Crippen molar-refractivity contribution in [1.82, 2.24) is 9.62 Å². The summed E-state index contributed by atoms with van der Waals surface area (Å²) < 4.78 is 41.0. The van der Waals surface area contributed by atoms with E-state index in [1.54, 1.807) is 0 Å². The van der Waals surface area contributed by atoms with Crippen LogP contribution in [0.4, 0.5) is 4.39 Å². The van der Waals surface area contributed by atoms with Crippen molar-refractivity contribution in [1.29, 1.82) is 0 Å². The van der Waals surface area contributed by atoms with Gasteiger partial charge < -0.3 is 10.6 Å². The molecule has 7 heteroatoms. The first kappa shape index (κ1) is 16.4. The highest BCUT2D eigenvalue weighted by atomic mass is 32.2. The molecule has 0 amide bonds. The summed E-state index contributed by atoms with van der Waals surface area (Å²) in [6, 6.07) is 3.96. The van der Waals surface area contributed by atoms with Crippen molar-refractivity contribution in [3.8, 4) is 0 Å². The smallest absolute Gasteiger partial charge is 0.243 e. The summed E-state index contributed by atoms with van der Waals surface area (Å²) in [6.07, 6.45) is 2.97. The van der Waals surface area contributed by atoms with Gasteiger partial charge in [-0.2, -0.15) is 0 Å². The summed E-state index contributed by atoms with van der Waals surface area (Å²) in [5, 5.41) is 0. The molecule has 0 unspecified atom stereocenters. The summed E-state index contributed by atoms with van der Waals surface area (Å²) in [4.78, 5) is 1.71. The molecule has 2 rings (SSSR count). The maximum atomic E-state index is 13.9. The van der Waals surface area contributed by atoms with Crippen molar-refractivity contribution >= 4 is 10.0 Å². The predicted octanol–water partition coefficient (Wildman–Crippen LogP) is 1.05. The van der Waals surface area contributed by atoms with E-state index in [-0.39, 0.29) is 17.0 Å². The molecule has 0 aromatic heterocycles. The Morgan fingerprint density at radius 2 is 2.05 bits per heavy atom. The van der Waals surface area contributed by atoms with Gasteiger partial charge in [-0.15, -0.1) is 0 Å². The van der Waals surface area contributed by atoms with E-state index >= 15 is 0 Å². The highest BCUT2D eigenvalue weighted by Gasteiger charge is 2.40. The van der Waals surface area contributed by atoms with Crippen molar-refractivity contribution in [2.75, 3.05) is 20.6 Å². The van der Waals surface area contributed by atoms with Gasteiger partial charge in [-0.3, -0.25) is 0 Å². The van der Waals surface area contributed by atoms with Gasteiger partial charge in [0.15, 0.2) is 0 Å². The van der Waals surface area contributed by atoms with Crippen LogP contribution in [0.15, 0.2) is 23.1 Å². The van der Waals surface area contributed by atoms with Crippen molar-refractivity contribution in [3.63, 3.8) is 0 Å². The molecule has 1 aromatic rings. The molecule has 1 saturated carbocycles. The number of hydrogen-bond donors (Lipinski definition) is 2. The lowest BCUT2D eigenvalue weighted by atomic mass is 9.76. The van der Waals surface area contributed by atoms with Crippen LogP contribution in [0, 0.1) is 5.82 Å². The zero-order chi connectivity index (χ0) is 15.7. The standard InChI is InChI=1S/C14H22FN3O2S/c1-18(2)14(6-3-7-14)10-17-21(19,20)13-5-4-11(9-16)8-12(13)15/h4-5,8,17H,3,6-7,9-10,16H2,1-2H3. The Hall–Kier alpha value is -1.02. The van der Waals surface area contributed by atoms with E-state index in [0.29, 0.717) is 12.1 Å². The van der Waals surface area contributed by atoms with Gasteiger partial charge in [0.25, 0.3) is 0 Å². The Labute approximate surface area is 125 Å². The van der Waals surface area contributed by atoms with Crippen LogP contribution in [0.3, 0.4) is 0 Å². The Morgan fingerprint density at radius 1 is 1.38 bits per heavy atom. The molecular formula is C14H22FN3O2S. The average molecular weight is 315 g/mol. The maximum Gasteiger partial charge on any atom is 0.243 e. The predicted molar refractivity (Wildman–Crippen MR) is 79.7 cm³/mol. The number of sulfonamides is 1. The van der Waals surface area contributed by atoms with Crippen molar-refractivity contribution in [2.45, 2.75) is 36.2 Å². The molecule has 0 heterocycles. The number of rotatable bonds is 6. The third kappa shape index (κ3) is 3.26. The maximum absolute atomic E-state index is 13.9. The summed E-state index contributed by atoms with van der Waals surface area (Å²) in [5.41, 5.74) is 5.83. The van der Waals surface area contributed by atoms with Crippen LogP contribution < -0.4 is 10.5 Å². The fraction of sp³-hybridized carbons (Fsp3) is 0.571. The minimum Gasteiger partial charge on any atom is -0.326 e. The topological polar surface area (TPSA) is 75.4 Å². The summed E-state index contributed by atoms with van der Waals surface area (Å²) in [7, 11) is 0.0179. The van der Waals surface area contributed by atoms with Gasteiger partial charge in [0.05, 0.1) is 0 Å². The van der Waals surface area contributed by atoms with Gasteiger partial charge in [0.1, 0.15) is 10.7 Å². The van der Waals surface area contributed by atoms with E-state index in [1.165, 1.54) is 18.2 Å². The second-order valence-electron chi connectivity index (χ2n) is 5.77. The molecular weight excluding hydrogens is 293 g/mol. The van der Waals surface area contributed by atoms with E-state index in [9.17, 15) is 12.8 Å². The molecule has 0 saturated heterocycles. The van der Waals surface area contributed by atoms with Crippen LogP contribution in [0.5, 0.6) is 0 Å². The van der Waals surface area contributed by atoms with Gasteiger partial charge in [0, 0.05) is 18.6 Å².